The van der Waals surface area contributed by atoms with Crippen LogP contribution in [0.25, 0.3) is 0 Å². The van der Waals surface area contributed by atoms with Gasteiger partial charge in [0, 0.05) is 11.3 Å². The molecule has 2 N–H and O–H groups in total. The van der Waals surface area contributed by atoms with Crippen LogP contribution in [0.15, 0.2) is 23.1 Å². The lowest BCUT2D eigenvalue weighted by Crippen LogP contribution is -2.25. The Labute approximate surface area is 130 Å². The number of nitrogen functional groups attached to an aromatic ring is 1. The van der Waals surface area contributed by atoms with Gasteiger partial charge in [0.25, 0.3) is 0 Å². The molecule has 0 saturated heterocycles. The van der Waals surface area contributed by atoms with Crippen molar-refractivity contribution in [2.24, 2.45) is 0 Å². The summed E-state index contributed by atoms with van der Waals surface area (Å²) in [5.74, 6) is -1.43. The maximum Gasteiger partial charge on any atom is 0.307 e. The number of rotatable bonds is 5. The minimum atomic E-state index is -3.78. The topological polar surface area (TPSA) is 104 Å². The predicted octanol–water partition coefficient (Wildman–Crippen LogP) is 1.98. The Morgan fingerprint density at radius 1 is 1.23 bits per heavy atom. The van der Waals surface area contributed by atoms with Crippen LogP contribution >= 0.6 is 0 Å². The van der Waals surface area contributed by atoms with Crippen molar-refractivity contribution in [3.8, 4) is 0 Å². The summed E-state index contributed by atoms with van der Waals surface area (Å²) in [6, 6.07) is 4.02. The van der Waals surface area contributed by atoms with Gasteiger partial charge in [0.15, 0.2) is 15.6 Å². The number of nitrogens with two attached hydrogens (primary N) is 1. The zero-order valence-electron chi connectivity index (χ0n) is 13.2. The van der Waals surface area contributed by atoms with Gasteiger partial charge in [-0.3, -0.25) is 9.59 Å². The number of hydrogen-bond acceptors (Lipinski definition) is 6. The van der Waals surface area contributed by atoms with Gasteiger partial charge in [-0.05, 0) is 45.9 Å². The number of sulfone groups is 1. The molecule has 1 aromatic rings. The van der Waals surface area contributed by atoms with E-state index in [2.05, 4.69) is 0 Å². The molecule has 0 saturated carbocycles. The Morgan fingerprint density at radius 3 is 2.32 bits per heavy atom. The Balaban J connectivity index is 2.97. The summed E-state index contributed by atoms with van der Waals surface area (Å²) in [6.45, 7) is 6.37. The molecular formula is C15H21NO5S. The van der Waals surface area contributed by atoms with E-state index in [9.17, 15) is 18.0 Å². The Kier molecular flexibility index (Phi) is 5.35. The SMILES string of the molecule is CC(=O)c1cc(N)ccc1S(=O)(=O)CCC(=O)OC(C)(C)C. The van der Waals surface area contributed by atoms with E-state index < -0.39 is 32.9 Å². The number of ketones is 1. The van der Waals surface area contributed by atoms with Crippen LogP contribution in [0.3, 0.4) is 0 Å². The van der Waals surface area contributed by atoms with Gasteiger partial charge in [-0.1, -0.05) is 0 Å². The number of Topliss-reactive ketones (excluding diaryl/α,β-unsaturated/α-hetero) is 1. The molecule has 0 bridgehead atoms. The molecule has 22 heavy (non-hydrogen) atoms. The zero-order valence-corrected chi connectivity index (χ0v) is 14.0. The van der Waals surface area contributed by atoms with E-state index in [1.54, 1.807) is 20.8 Å². The fraction of sp³-hybridized carbons (Fsp3) is 0.467. The molecule has 1 aromatic carbocycles. The fourth-order valence-electron chi connectivity index (χ4n) is 1.81. The molecule has 6 nitrogen and oxygen atoms in total. The molecule has 0 fully saturated rings. The number of carbonyl (C=O) groups is 2. The van der Waals surface area contributed by atoms with Gasteiger partial charge in [0.05, 0.1) is 17.1 Å². The van der Waals surface area contributed by atoms with Crippen molar-refractivity contribution in [2.45, 2.75) is 44.6 Å². The second-order valence-corrected chi connectivity index (χ2v) is 8.04. The van der Waals surface area contributed by atoms with E-state index in [1.807, 2.05) is 0 Å². The van der Waals surface area contributed by atoms with Crippen molar-refractivity contribution >= 4 is 27.3 Å². The lowest BCUT2D eigenvalue weighted by molar-refractivity contribution is -0.154. The van der Waals surface area contributed by atoms with Gasteiger partial charge in [0.1, 0.15) is 5.60 Å². The molecule has 1 rings (SSSR count). The lowest BCUT2D eigenvalue weighted by Gasteiger charge is -2.19. The summed E-state index contributed by atoms with van der Waals surface area (Å²) in [7, 11) is -3.78. The number of benzene rings is 1. The van der Waals surface area contributed by atoms with Crippen LogP contribution in [0.2, 0.25) is 0 Å². The molecule has 0 aromatic heterocycles. The van der Waals surface area contributed by atoms with E-state index in [1.165, 1.54) is 25.1 Å². The number of ether oxygens (including phenoxy) is 1. The summed E-state index contributed by atoms with van der Waals surface area (Å²) in [5.41, 5.74) is 5.24. The summed E-state index contributed by atoms with van der Waals surface area (Å²) in [6.07, 6.45) is -0.276. The highest BCUT2D eigenvalue weighted by Crippen LogP contribution is 2.21. The second kappa shape index (κ2) is 6.48. The standard InChI is InChI=1S/C15H21NO5S/c1-10(17)12-9-11(16)5-6-13(12)22(19,20)8-7-14(18)21-15(2,3)4/h5-6,9H,7-8,16H2,1-4H3. The highest BCUT2D eigenvalue weighted by Gasteiger charge is 2.24. The molecule has 0 heterocycles. The van der Waals surface area contributed by atoms with Gasteiger partial charge in [-0.15, -0.1) is 0 Å². The van der Waals surface area contributed by atoms with Crippen LogP contribution in [0, 0.1) is 0 Å². The monoisotopic (exact) mass is 327 g/mol. The lowest BCUT2D eigenvalue weighted by atomic mass is 10.1. The first-order chi connectivity index (χ1) is 9.92. The Morgan fingerprint density at radius 2 is 1.82 bits per heavy atom. The summed E-state index contributed by atoms with van der Waals surface area (Å²) in [5, 5.41) is 0. The quantitative estimate of drug-likeness (QED) is 0.504. The Bertz CT molecular complexity index is 686. The molecule has 0 spiro atoms. The van der Waals surface area contributed by atoms with E-state index in [0.29, 0.717) is 5.69 Å². The third kappa shape index (κ3) is 5.14. The summed E-state index contributed by atoms with van der Waals surface area (Å²) in [4.78, 5) is 23.1. The first kappa shape index (κ1) is 18.2. The van der Waals surface area contributed by atoms with Gasteiger partial charge >= 0.3 is 5.97 Å². The second-order valence-electron chi connectivity index (χ2n) is 5.97. The van der Waals surface area contributed by atoms with Crippen LogP contribution in [-0.4, -0.2) is 31.5 Å². The van der Waals surface area contributed by atoms with E-state index in [0.717, 1.165) is 0 Å². The molecule has 0 atom stereocenters. The average molecular weight is 327 g/mol. The number of hydrogen-bond donors (Lipinski definition) is 1. The van der Waals surface area contributed by atoms with Crippen LogP contribution in [0.1, 0.15) is 44.5 Å². The number of carbonyl (C=O) groups excluding carboxylic acids is 2. The third-order valence-electron chi connectivity index (χ3n) is 2.71. The van der Waals surface area contributed by atoms with Crippen molar-refractivity contribution in [1.29, 1.82) is 0 Å². The van der Waals surface area contributed by atoms with E-state index >= 15 is 0 Å². The first-order valence-corrected chi connectivity index (χ1v) is 8.43. The normalized spacial score (nSPS) is 12.0. The van der Waals surface area contributed by atoms with Gasteiger partial charge in [0.2, 0.25) is 0 Å². The van der Waals surface area contributed by atoms with Crippen LogP contribution in [0.4, 0.5) is 5.69 Å². The molecule has 0 unspecified atom stereocenters. The molecule has 0 aliphatic rings. The van der Waals surface area contributed by atoms with Crippen LogP contribution in [0.5, 0.6) is 0 Å². The van der Waals surface area contributed by atoms with Gasteiger partial charge in [-0.2, -0.15) is 0 Å². The highest BCUT2D eigenvalue weighted by molar-refractivity contribution is 7.91. The maximum atomic E-state index is 12.3. The van der Waals surface area contributed by atoms with Crippen molar-refractivity contribution in [1.82, 2.24) is 0 Å². The average Bonchev–Trinajstić information content (AvgIpc) is 2.34. The van der Waals surface area contributed by atoms with Gasteiger partial charge < -0.3 is 10.5 Å². The smallest absolute Gasteiger partial charge is 0.307 e. The molecule has 122 valence electrons. The van der Waals surface area contributed by atoms with Crippen molar-refractivity contribution in [3.63, 3.8) is 0 Å². The van der Waals surface area contributed by atoms with E-state index in [-0.39, 0.29) is 16.9 Å². The largest absolute Gasteiger partial charge is 0.460 e. The van der Waals surface area contributed by atoms with Gasteiger partial charge in [-0.25, -0.2) is 8.42 Å². The number of anilines is 1. The van der Waals surface area contributed by atoms with E-state index in [4.69, 9.17) is 10.5 Å². The minimum Gasteiger partial charge on any atom is -0.460 e. The molecule has 0 aliphatic carbocycles. The summed E-state index contributed by atoms with van der Waals surface area (Å²) < 4.78 is 29.8. The first-order valence-electron chi connectivity index (χ1n) is 6.77. The van der Waals surface area contributed by atoms with Crippen molar-refractivity contribution in [2.75, 3.05) is 11.5 Å². The minimum absolute atomic E-state index is 0.0317. The molecule has 7 heteroatoms. The maximum absolute atomic E-state index is 12.3. The molecule has 0 amide bonds. The fourth-order valence-corrected chi connectivity index (χ4v) is 3.28. The molecule has 0 radical (unpaired) electrons. The number of esters is 1. The Hall–Kier alpha value is -1.89. The molecule has 0 aliphatic heterocycles. The van der Waals surface area contributed by atoms with Crippen LogP contribution < -0.4 is 5.73 Å². The highest BCUT2D eigenvalue weighted by atomic mass is 32.2. The van der Waals surface area contributed by atoms with Crippen molar-refractivity contribution in [3.05, 3.63) is 23.8 Å². The van der Waals surface area contributed by atoms with Crippen molar-refractivity contribution < 1.29 is 22.7 Å². The third-order valence-corrected chi connectivity index (χ3v) is 4.48. The zero-order chi connectivity index (χ0) is 17.1. The molecular weight excluding hydrogens is 306 g/mol. The van der Waals surface area contributed by atoms with Crippen LogP contribution in [-0.2, 0) is 19.4 Å². The summed E-state index contributed by atoms with van der Waals surface area (Å²) >= 11 is 0. The predicted molar refractivity (Wildman–Crippen MR) is 83.4 cm³/mol.